The van der Waals surface area contributed by atoms with Gasteiger partial charge in [0.1, 0.15) is 11.4 Å². The first-order valence-electron chi connectivity index (χ1n) is 13.6. The largest absolute Gasteiger partial charge is 0.452 e. The first-order chi connectivity index (χ1) is 21.6. The van der Waals surface area contributed by atoms with Crippen molar-refractivity contribution in [3.8, 4) is 17.2 Å². The Bertz CT molecular complexity index is 1990. The minimum absolute atomic E-state index is 0.00867. The Labute approximate surface area is 254 Å². The molecule has 45 heavy (non-hydrogen) atoms. The average molecular weight is 613 g/mol. The number of hydrogen-bond acceptors (Lipinski definition) is 9. The predicted molar refractivity (Wildman–Crippen MR) is 163 cm³/mol. The number of amides is 1. The molecule has 0 aliphatic carbocycles. The SMILES string of the molecule is CC(C)n1cc(C(=O)Nc2ccc(Oc3cc(Nc4ncccn4)cnc3CC=N)c(F)c2)c(=O)n(-c2ccc(F)cc2)c1=O. The number of rotatable bonds is 10. The first-order valence-corrected chi connectivity index (χ1v) is 13.6. The van der Waals surface area contributed by atoms with Crippen molar-refractivity contribution >= 4 is 29.4 Å². The van der Waals surface area contributed by atoms with E-state index in [-0.39, 0.29) is 34.9 Å². The summed E-state index contributed by atoms with van der Waals surface area (Å²) < 4.78 is 36.5. The summed E-state index contributed by atoms with van der Waals surface area (Å²) in [4.78, 5) is 52.1. The third kappa shape index (κ3) is 6.80. The predicted octanol–water partition coefficient (Wildman–Crippen LogP) is 5.02. The van der Waals surface area contributed by atoms with Crippen LogP contribution in [0.4, 0.5) is 26.1 Å². The molecule has 0 bridgehead atoms. The summed E-state index contributed by atoms with van der Waals surface area (Å²) in [7, 11) is 0. The van der Waals surface area contributed by atoms with E-state index in [1.807, 2.05) is 0 Å². The van der Waals surface area contributed by atoms with Crippen LogP contribution in [-0.2, 0) is 6.42 Å². The minimum atomic E-state index is -0.929. The monoisotopic (exact) mass is 612 g/mol. The number of hydrogen-bond donors (Lipinski definition) is 3. The quantitative estimate of drug-likeness (QED) is 0.186. The van der Waals surface area contributed by atoms with E-state index in [1.54, 1.807) is 38.4 Å². The van der Waals surface area contributed by atoms with Crippen molar-refractivity contribution in [3.05, 3.63) is 123 Å². The number of nitrogens with one attached hydrogen (secondary N) is 3. The highest BCUT2D eigenvalue weighted by Crippen LogP contribution is 2.31. The lowest BCUT2D eigenvalue weighted by molar-refractivity contribution is 0.102. The molecular formula is C31H26F2N8O4. The van der Waals surface area contributed by atoms with Gasteiger partial charge in [0.2, 0.25) is 5.95 Å². The summed E-state index contributed by atoms with van der Waals surface area (Å²) in [5.74, 6) is -2.00. The Morgan fingerprint density at radius 1 is 1.00 bits per heavy atom. The summed E-state index contributed by atoms with van der Waals surface area (Å²) >= 11 is 0. The summed E-state index contributed by atoms with van der Waals surface area (Å²) in [5.41, 5.74) is -1.10. The fraction of sp³-hybridized carbons (Fsp3) is 0.129. The van der Waals surface area contributed by atoms with Crippen LogP contribution < -0.4 is 26.6 Å². The van der Waals surface area contributed by atoms with E-state index >= 15 is 4.39 Å². The molecule has 5 rings (SSSR count). The van der Waals surface area contributed by atoms with Gasteiger partial charge < -0.3 is 20.8 Å². The van der Waals surface area contributed by atoms with Crippen LogP contribution in [0.3, 0.4) is 0 Å². The molecule has 3 heterocycles. The van der Waals surface area contributed by atoms with Crippen LogP contribution in [0.25, 0.3) is 5.69 Å². The molecule has 3 N–H and O–H groups in total. The van der Waals surface area contributed by atoms with Gasteiger partial charge in [0.25, 0.3) is 11.5 Å². The Hall–Kier alpha value is -6.05. The van der Waals surface area contributed by atoms with E-state index in [2.05, 4.69) is 25.6 Å². The Balaban J connectivity index is 1.42. The number of aromatic nitrogens is 5. The molecule has 1 amide bonds. The summed E-state index contributed by atoms with van der Waals surface area (Å²) in [5, 5.41) is 12.9. The molecule has 0 unspecified atom stereocenters. The van der Waals surface area contributed by atoms with Crippen molar-refractivity contribution < 1.29 is 18.3 Å². The van der Waals surface area contributed by atoms with Gasteiger partial charge in [0, 0.05) is 55.1 Å². The number of anilines is 3. The summed E-state index contributed by atoms with van der Waals surface area (Å²) in [6.45, 7) is 3.39. The second-order valence-electron chi connectivity index (χ2n) is 9.92. The maximum Gasteiger partial charge on any atom is 0.335 e. The number of pyridine rings is 1. The fourth-order valence-corrected chi connectivity index (χ4v) is 4.27. The molecule has 0 aliphatic heterocycles. The lowest BCUT2D eigenvalue weighted by Crippen LogP contribution is -2.42. The zero-order valence-electron chi connectivity index (χ0n) is 24.0. The zero-order valence-corrected chi connectivity index (χ0v) is 24.0. The van der Waals surface area contributed by atoms with Gasteiger partial charge in [-0.2, -0.15) is 0 Å². The van der Waals surface area contributed by atoms with Crippen molar-refractivity contribution in [3.63, 3.8) is 0 Å². The molecule has 2 aromatic carbocycles. The van der Waals surface area contributed by atoms with E-state index in [1.165, 1.54) is 35.0 Å². The van der Waals surface area contributed by atoms with Crippen LogP contribution in [0, 0.1) is 17.0 Å². The van der Waals surface area contributed by atoms with E-state index in [9.17, 15) is 18.8 Å². The van der Waals surface area contributed by atoms with Crippen LogP contribution in [-0.4, -0.2) is 36.2 Å². The third-order valence-corrected chi connectivity index (χ3v) is 6.46. The Kier molecular flexibility index (Phi) is 8.84. The molecule has 3 aromatic heterocycles. The van der Waals surface area contributed by atoms with Crippen molar-refractivity contribution in [2.75, 3.05) is 10.6 Å². The van der Waals surface area contributed by atoms with E-state index < -0.39 is 34.8 Å². The highest BCUT2D eigenvalue weighted by molar-refractivity contribution is 6.03. The molecule has 14 heteroatoms. The topological polar surface area (TPSA) is 157 Å². The van der Waals surface area contributed by atoms with Gasteiger partial charge in [0.15, 0.2) is 17.3 Å². The second kappa shape index (κ2) is 13.1. The number of halogens is 2. The normalized spacial score (nSPS) is 10.9. The van der Waals surface area contributed by atoms with Crippen molar-refractivity contribution in [2.45, 2.75) is 26.3 Å². The molecule has 0 saturated heterocycles. The van der Waals surface area contributed by atoms with Gasteiger partial charge in [0.05, 0.1) is 23.3 Å². The van der Waals surface area contributed by atoms with Crippen molar-refractivity contribution in [1.29, 1.82) is 5.41 Å². The van der Waals surface area contributed by atoms with Crippen molar-refractivity contribution in [2.24, 2.45) is 0 Å². The number of benzene rings is 2. The smallest absolute Gasteiger partial charge is 0.335 e. The molecule has 12 nitrogen and oxygen atoms in total. The van der Waals surface area contributed by atoms with Gasteiger partial charge >= 0.3 is 5.69 Å². The second-order valence-corrected chi connectivity index (χ2v) is 9.92. The highest BCUT2D eigenvalue weighted by Gasteiger charge is 2.21. The highest BCUT2D eigenvalue weighted by atomic mass is 19.1. The maximum atomic E-state index is 15.3. The van der Waals surface area contributed by atoms with Gasteiger partial charge in [-0.3, -0.25) is 19.1 Å². The van der Waals surface area contributed by atoms with Crippen LogP contribution in [0.2, 0.25) is 0 Å². The van der Waals surface area contributed by atoms with Gasteiger partial charge in [-0.05, 0) is 56.3 Å². The molecule has 0 spiro atoms. The summed E-state index contributed by atoms with van der Waals surface area (Å²) in [6.07, 6.45) is 7.01. The van der Waals surface area contributed by atoms with Gasteiger partial charge in [-0.15, -0.1) is 0 Å². The molecule has 0 fully saturated rings. The molecule has 0 saturated carbocycles. The van der Waals surface area contributed by atoms with E-state index in [0.29, 0.717) is 17.3 Å². The summed E-state index contributed by atoms with van der Waals surface area (Å²) in [6, 6.07) is 11.2. The number of nitrogens with zero attached hydrogens (tertiary/aromatic N) is 5. The Morgan fingerprint density at radius 2 is 1.73 bits per heavy atom. The molecule has 0 atom stereocenters. The number of carbonyl (C=O) groups excluding carboxylic acids is 1. The molecule has 0 aliphatic rings. The zero-order chi connectivity index (χ0) is 32.1. The van der Waals surface area contributed by atoms with Crippen LogP contribution >= 0.6 is 0 Å². The molecule has 0 radical (unpaired) electrons. The van der Waals surface area contributed by atoms with Crippen molar-refractivity contribution in [1.82, 2.24) is 24.1 Å². The fourth-order valence-electron chi connectivity index (χ4n) is 4.27. The molecule has 228 valence electrons. The molecule has 5 aromatic rings. The van der Waals surface area contributed by atoms with Gasteiger partial charge in [-0.25, -0.2) is 28.1 Å². The Morgan fingerprint density at radius 3 is 2.40 bits per heavy atom. The molecular weight excluding hydrogens is 586 g/mol. The van der Waals surface area contributed by atoms with E-state index in [0.717, 1.165) is 35.2 Å². The minimum Gasteiger partial charge on any atom is -0.452 e. The number of carbonyl (C=O) groups is 1. The maximum absolute atomic E-state index is 15.3. The standard InChI is InChI=1S/C31H26F2N8O4/c1-18(2)40-17-23(29(43)41(31(40)44)22-7-4-19(32)5-8-22)28(42)38-20-6-9-26(24(33)14-20)45-27-15-21(16-37-25(27)10-11-34)39-30-35-12-3-13-36-30/h3-9,11-18,34H,10H2,1-2H3,(H,38,42)(H,35,36,39). The number of ether oxygens (including phenoxy) is 1. The first kappa shape index (κ1) is 30.4. The van der Waals surface area contributed by atoms with E-state index in [4.69, 9.17) is 10.1 Å². The van der Waals surface area contributed by atoms with Gasteiger partial charge in [-0.1, -0.05) is 0 Å². The lowest BCUT2D eigenvalue weighted by atomic mass is 10.2. The lowest BCUT2D eigenvalue weighted by Gasteiger charge is -2.16. The third-order valence-electron chi connectivity index (χ3n) is 6.46. The van der Waals surface area contributed by atoms with Crippen LogP contribution in [0.1, 0.15) is 35.9 Å². The van der Waals surface area contributed by atoms with Crippen LogP contribution in [0.15, 0.2) is 89.0 Å². The van der Waals surface area contributed by atoms with Crippen LogP contribution in [0.5, 0.6) is 11.5 Å². The average Bonchev–Trinajstić information content (AvgIpc) is 3.01.